The zero-order valence-electron chi connectivity index (χ0n) is 13.6. The molecule has 2 rings (SSSR count). The number of quaternary nitrogens is 3. The monoisotopic (exact) mass is 356 g/mol. The topological polar surface area (TPSA) is 107 Å². The number of carbonyl (C=O) groups excluding carboxylic acids is 2. The van der Waals surface area contributed by atoms with Crippen LogP contribution in [-0.2, 0) is 9.59 Å². The summed E-state index contributed by atoms with van der Waals surface area (Å²) in [5.74, 6) is -1.57. The molecule has 0 spiro atoms. The molecule has 6 N–H and O–H groups in total. The molecule has 1 amide bonds. The largest absolute Gasteiger partial charge is 0.544 e. The van der Waals surface area contributed by atoms with Crippen LogP contribution in [0.25, 0.3) is 0 Å². The number of hydrogen-bond donors (Lipinski definition) is 4. The average Bonchev–Trinajstić information content (AvgIpc) is 2.54. The quantitative estimate of drug-likeness (QED) is 0.379. The van der Waals surface area contributed by atoms with Crippen LogP contribution in [-0.4, -0.2) is 57.2 Å². The van der Waals surface area contributed by atoms with Gasteiger partial charge >= 0.3 is 0 Å². The van der Waals surface area contributed by atoms with Gasteiger partial charge in [-0.25, -0.2) is 0 Å². The molecule has 1 heterocycles. The summed E-state index contributed by atoms with van der Waals surface area (Å²) < 4.78 is 0. The third kappa shape index (κ3) is 6.45. The van der Waals surface area contributed by atoms with E-state index in [9.17, 15) is 14.7 Å². The van der Waals surface area contributed by atoms with E-state index in [0.29, 0.717) is 17.3 Å². The van der Waals surface area contributed by atoms with E-state index in [-0.39, 0.29) is 12.3 Å². The Morgan fingerprint density at radius 2 is 2.12 bits per heavy atom. The fourth-order valence-corrected chi connectivity index (χ4v) is 3.05. The first kappa shape index (κ1) is 18.7. The molecule has 0 aliphatic carbocycles. The molecule has 1 aliphatic heterocycles. The van der Waals surface area contributed by atoms with Crippen molar-refractivity contribution in [3.8, 4) is 0 Å². The summed E-state index contributed by atoms with van der Waals surface area (Å²) in [6.45, 7) is 5.98. The van der Waals surface area contributed by atoms with Crippen LogP contribution in [0.5, 0.6) is 0 Å². The molecule has 8 heteroatoms. The van der Waals surface area contributed by atoms with Crippen molar-refractivity contribution in [1.29, 1.82) is 0 Å². The Bertz CT molecular complexity index is 564. The summed E-state index contributed by atoms with van der Waals surface area (Å²) in [4.78, 5) is 24.8. The summed E-state index contributed by atoms with van der Waals surface area (Å²) in [7, 11) is 0. The molecule has 0 radical (unpaired) electrons. The number of anilines is 1. The van der Waals surface area contributed by atoms with Gasteiger partial charge in [-0.2, -0.15) is 0 Å². The van der Waals surface area contributed by atoms with Crippen molar-refractivity contribution in [3.63, 3.8) is 0 Å². The van der Waals surface area contributed by atoms with Crippen LogP contribution in [0.15, 0.2) is 24.3 Å². The Morgan fingerprint density at radius 1 is 1.38 bits per heavy atom. The van der Waals surface area contributed by atoms with E-state index in [1.807, 2.05) is 0 Å². The van der Waals surface area contributed by atoms with E-state index in [1.54, 1.807) is 29.6 Å². The maximum atomic E-state index is 12.0. The highest BCUT2D eigenvalue weighted by Gasteiger charge is 2.21. The van der Waals surface area contributed by atoms with Gasteiger partial charge < -0.3 is 30.8 Å². The number of carboxylic acids is 1. The third-order valence-corrected chi connectivity index (χ3v) is 4.40. The lowest BCUT2D eigenvalue weighted by Crippen LogP contribution is -3.22. The van der Waals surface area contributed by atoms with Crippen molar-refractivity contribution in [2.24, 2.45) is 0 Å². The molecule has 1 atom stereocenters. The number of aliphatic carboxylic acids is 1. The number of nitrogens with two attached hydrogens (primary N) is 2. The van der Waals surface area contributed by atoms with E-state index in [1.165, 1.54) is 4.90 Å². The van der Waals surface area contributed by atoms with Gasteiger partial charge in [0.05, 0.1) is 12.4 Å². The number of halogens is 1. The summed E-state index contributed by atoms with van der Waals surface area (Å²) in [6, 6.07) is 5.88. The molecule has 0 unspecified atom stereocenters. The van der Waals surface area contributed by atoms with E-state index < -0.39 is 12.0 Å². The zero-order valence-corrected chi connectivity index (χ0v) is 14.3. The van der Waals surface area contributed by atoms with Crippen molar-refractivity contribution in [3.05, 3.63) is 29.3 Å². The van der Waals surface area contributed by atoms with Crippen LogP contribution >= 0.6 is 11.6 Å². The Labute approximate surface area is 146 Å². The number of rotatable bonds is 8. The van der Waals surface area contributed by atoms with Crippen molar-refractivity contribution < 1.29 is 30.2 Å². The van der Waals surface area contributed by atoms with Crippen LogP contribution in [0.4, 0.5) is 5.69 Å². The van der Waals surface area contributed by atoms with Gasteiger partial charge in [0.25, 0.3) is 0 Å². The van der Waals surface area contributed by atoms with Crippen molar-refractivity contribution in [2.75, 3.05) is 44.6 Å². The summed E-state index contributed by atoms with van der Waals surface area (Å²) in [5.41, 5.74) is 0.554. The predicted molar refractivity (Wildman–Crippen MR) is 87.5 cm³/mol. The lowest BCUT2D eigenvalue weighted by Gasteiger charge is -2.22. The first-order valence-electron chi connectivity index (χ1n) is 8.29. The number of hydrogen-bond acceptors (Lipinski definition) is 3. The van der Waals surface area contributed by atoms with E-state index in [4.69, 9.17) is 11.6 Å². The normalized spacial score (nSPS) is 16.5. The van der Waals surface area contributed by atoms with Crippen molar-refractivity contribution in [2.45, 2.75) is 12.5 Å². The highest BCUT2D eigenvalue weighted by Crippen LogP contribution is 2.14. The Hall–Kier alpha value is -1.67. The summed E-state index contributed by atoms with van der Waals surface area (Å²) in [5, 5.41) is 18.4. The molecule has 132 valence electrons. The van der Waals surface area contributed by atoms with Crippen LogP contribution < -0.4 is 26.0 Å². The average molecular weight is 357 g/mol. The second-order valence-corrected chi connectivity index (χ2v) is 6.52. The molecular weight excluding hydrogens is 332 g/mol. The minimum absolute atomic E-state index is 0.127. The van der Waals surface area contributed by atoms with Crippen LogP contribution in [0.3, 0.4) is 0 Å². The molecule has 0 saturated carbocycles. The van der Waals surface area contributed by atoms with Gasteiger partial charge in [-0.1, -0.05) is 17.7 Å². The second kappa shape index (κ2) is 9.58. The van der Waals surface area contributed by atoms with Crippen LogP contribution in [0.1, 0.15) is 6.42 Å². The van der Waals surface area contributed by atoms with Gasteiger partial charge in [0.15, 0.2) is 0 Å². The number of carboxylic acid groups (broad SMARTS) is 1. The van der Waals surface area contributed by atoms with Gasteiger partial charge in [0.1, 0.15) is 45.3 Å². The molecule has 1 saturated heterocycles. The Kier molecular flexibility index (Phi) is 7.45. The SMILES string of the molecule is O=C(C[C@H]([NH2+]CC[NH+]1CC[NH2+]CC1)C(=O)[O-])Nc1cccc(Cl)c1. The maximum absolute atomic E-state index is 12.0. The molecule has 1 fully saturated rings. The van der Waals surface area contributed by atoms with Crippen molar-refractivity contribution in [1.82, 2.24) is 0 Å². The number of carbonyl (C=O) groups is 2. The molecule has 1 aromatic rings. The lowest BCUT2D eigenvalue weighted by molar-refractivity contribution is -0.955. The van der Waals surface area contributed by atoms with Gasteiger partial charge in [0.2, 0.25) is 5.91 Å². The fourth-order valence-electron chi connectivity index (χ4n) is 2.86. The summed E-state index contributed by atoms with van der Waals surface area (Å²) in [6.07, 6.45) is -0.127. The van der Waals surface area contributed by atoms with E-state index in [2.05, 4.69) is 10.6 Å². The molecule has 0 aromatic heterocycles. The van der Waals surface area contributed by atoms with Crippen LogP contribution in [0.2, 0.25) is 5.02 Å². The van der Waals surface area contributed by atoms with Crippen molar-refractivity contribution >= 4 is 29.2 Å². The smallest absolute Gasteiger partial charge is 0.230 e. The zero-order chi connectivity index (χ0) is 17.4. The van der Waals surface area contributed by atoms with Crippen LogP contribution in [0, 0.1) is 0 Å². The highest BCUT2D eigenvalue weighted by molar-refractivity contribution is 6.30. The fraction of sp³-hybridized carbons (Fsp3) is 0.500. The number of piperazine rings is 1. The first-order chi connectivity index (χ1) is 11.5. The maximum Gasteiger partial charge on any atom is 0.230 e. The number of amides is 1. The van der Waals surface area contributed by atoms with Gasteiger partial charge in [-0.15, -0.1) is 0 Å². The van der Waals surface area contributed by atoms with E-state index in [0.717, 1.165) is 32.7 Å². The lowest BCUT2D eigenvalue weighted by atomic mass is 10.2. The number of nitrogens with one attached hydrogen (secondary N) is 2. The Balaban J connectivity index is 1.77. The molecule has 1 aliphatic rings. The summed E-state index contributed by atoms with van der Waals surface area (Å²) >= 11 is 5.86. The molecule has 7 nitrogen and oxygen atoms in total. The van der Waals surface area contributed by atoms with Gasteiger partial charge in [-0.3, -0.25) is 4.79 Å². The predicted octanol–water partition coefficient (Wildman–Crippen LogP) is -4.19. The second-order valence-electron chi connectivity index (χ2n) is 6.08. The van der Waals surface area contributed by atoms with Gasteiger partial charge in [0, 0.05) is 10.7 Å². The minimum atomic E-state index is -1.21. The number of benzene rings is 1. The molecule has 0 bridgehead atoms. The first-order valence-corrected chi connectivity index (χ1v) is 8.67. The van der Waals surface area contributed by atoms with Gasteiger partial charge in [-0.05, 0) is 18.2 Å². The highest BCUT2D eigenvalue weighted by atomic mass is 35.5. The Morgan fingerprint density at radius 3 is 2.79 bits per heavy atom. The molecule has 24 heavy (non-hydrogen) atoms. The molecular formula is C16H25ClN4O3+2. The van der Waals surface area contributed by atoms with E-state index >= 15 is 0 Å². The standard InChI is InChI=1S/C16H23ClN4O3/c17-12-2-1-3-13(10-12)20-15(22)11-14(16(23)24)19-6-9-21-7-4-18-5-8-21/h1-3,10,14,18-19H,4-9,11H2,(H,20,22)(H,23,24)/p+2/t14-/m0/s1. The third-order valence-electron chi connectivity index (χ3n) is 4.17. The minimum Gasteiger partial charge on any atom is -0.544 e. The molecule has 1 aromatic carbocycles.